The lowest BCUT2D eigenvalue weighted by Crippen LogP contribution is -2.36. The molecule has 2 unspecified atom stereocenters. The van der Waals surface area contributed by atoms with Gasteiger partial charge in [0, 0.05) is 19.1 Å². The molecule has 1 saturated carbocycles. The topological polar surface area (TPSA) is 3.24 Å². The third-order valence-electron chi connectivity index (χ3n) is 3.51. The Kier molecular flexibility index (Phi) is 2.35. The highest BCUT2D eigenvalue weighted by Gasteiger charge is 2.41. The first-order valence-electron chi connectivity index (χ1n) is 5.55. The normalized spacial score (nSPS) is 38.1. The van der Waals surface area contributed by atoms with Crippen molar-refractivity contribution in [1.82, 2.24) is 4.90 Å². The molecule has 2 atom stereocenters. The number of nitrogens with zero attached hydrogens (tertiary/aromatic N) is 1. The molecule has 2 rings (SSSR count). The zero-order chi connectivity index (χ0) is 9.47. The number of halogens is 1. The molecule has 0 aromatic rings. The molecule has 0 aromatic heterocycles. The van der Waals surface area contributed by atoms with Gasteiger partial charge in [0.05, 0.1) is 0 Å². The highest BCUT2D eigenvalue weighted by Crippen LogP contribution is 2.39. The molecule has 0 spiro atoms. The van der Waals surface area contributed by atoms with Crippen molar-refractivity contribution in [3.05, 3.63) is 0 Å². The molecule has 0 amide bonds. The van der Waals surface area contributed by atoms with Crippen molar-refractivity contribution in [2.75, 3.05) is 13.1 Å². The molecule has 0 N–H and O–H groups in total. The van der Waals surface area contributed by atoms with Crippen molar-refractivity contribution in [1.29, 1.82) is 0 Å². The Morgan fingerprint density at radius 1 is 1.54 bits per heavy atom. The molecule has 1 nitrogen and oxygen atoms in total. The van der Waals surface area contributed by atoms with Gasteiger partial charge in [-0.3, -0.25) is 4.90 Å². The van der Waals surface area contributed by atoms with E-state index in [1.807, 2.05) is 0 Å². The number of hydrogen-bond acceptors (Lipinski definition) is 1. The molecular weight excluding hydrogens is 165 g/mol. The average molecular weight is 185 g/mol. The molecule has 0 radical (unpaired) electrons. The molecule has 76 valence electrons. The van der Waals surface area contributed by atoms with Crippen molar-refractivity contribution in [2.45, 2.75) is 51.2 Å². The van der Waals surface area contributed by atoms with Gasteiger partial charge < -0.3 is 0 Å². The third-order valence-corrected chi connectivity index (χ3v) is 3.51. The van der Waals surface area contributed by atoms with Gasteiger partial charge in [-0.05, 0) is 38.5 Å². The van der Waals surface area contributed by atoms with Crippen LogP contribution in [0.15, 0.2) is 0 Å². The lowest BCUT2D eigenvalue weighted by molar-refractivity contribution is 0.152. The standard InChI is InChI=1S/C11H20FN/c1-3-10(9-4-5-9)13-7-6-11(2,12)8-13/h9-10H,3-8H2,1-2H3. The quantitative estimate of drug-likeness (QED) is 0.653. The molecule has 2 heteroatoms. The van der Waals surface area contributed by atoms with Gasteiger partial charge in [-0.2, -0.15) is 0 Å². The molecule has 13 heavy (non-hydrogen) atoms. The van der Waals surface area contributed by atoms with Crippen LogP contribution in [-0.2, 0) is 0 Å². The van der Waals surface area contributed by atoms with Crippen LogP contribution in [0.5, 0.6) is 0 Å². The molecule has 1 aliphatic heterocycles. The summed E-state index contributed by atoms with van der Waals surface area (Å²) in [7, 11) is 0. The molecule has 1 aliphatic carbocycles. The average Bonchev–Trinajstić information content (AvgIpc) is 2.80. The Labute approximate surface area is 80.3 Å². The predicted octanol–water partition coefficient (Wildman–Crippen LogP) is 2.61. The summed E-state index contributed by atoms with van der Waals surface area (Å²) in [5.74, 6) is 0.888. The summed E-state index contributed by atoms with van der Waals surface area (Å²) in [5.41, 5.74) is -0.914. The minimum absolute atomic E-state index is 0.669. The van der Waals surface area contributed by atoms with E-state index in [-0.39, 0.29) is 0 Å². The Bertz CT molecular complexity index is 187. The lowest BCUT2D eigenvalue weighted by Gasteiger charge is -2.27. The van der Waals surface area contributed by atoms with E-state index in [4.69, 9.17) is 0 Å². The van der Waals surface area contributed by atoms with E-state index >= 15 is 0 Å². The van der Waals surface area contributed by atoms with Gasteiger partial charge in [0.1, 0.15) is 5.67 Å². The van der Waals surface area contributed by atoms with E-state index in [2.05, 4.69) is 11.8 Å². The van der Waals surface area contributed by atoms with Gasteiger partial charge in [-0.1, -0.05) is 6.92 Å². The van der Waals surface area contributed by atoms with Crippen LogP contribution in [0.3, 0.4) is 0 Å². The van der Waals surface area contributed by atoms with Crippen molar-refractivity contribution < 1.29 is 4.39 Å². The first-order valence-corrected chi connectivity index (χ1v) is 5.55. The van der Waals surface area contributed by atoms with Crippen LogP contribution in [0.1, 0.15) is 39.5 Å². The summed E-state index contributed by atoms with van der Waals surface area (Å²) in [4.78, 5) is 2.37. The number of rotatable bonds is 3. The Hall–Kier alpha value is -0.110. The fraction of sp³-hybridized carbons (Fsp3) is 1.00. The van der Waals surface area contributed by atoms with Gasteiger partial charge in [0.15, 0.2) is 0 Å². The SMILES string of the molecule is CCC(C1CC1)N1CCC(C)(F)C1. The van der Waals surface area contributed by atoms with Crippen molar-refractivity contribution in [3.63, 3.8) is 0 Å². The number of alkyl halides is 1. The molecule has 1 saturated heterocycles. The zero-order valence-electron chi connectivity index (χ0n) is 8.72. The Morgan fingerprint density at radius 3 is 2.62 bits per heavy atom. The second-order valence-electron chi connectivity index (χ2n) is 4.95. The van der Waals surface area contributed by atoms with Gasteiger partial charge in [0.25, 0.3) is 0 Å². The lowest BCUT2D eigenvalue weighted by atomic mass is 10.1. The van der Waals surface area contributed by atoms with Crippen molar-refractivity contribution in [2.24, 2.45) is 5.92 Å². The van der Waals surface area contributed by atoms with E-state index in [9.17, 15) is 4.39 Å². The van der Waals surface area contributed by atoms with Crippen LogP contribution < -0.4 is 0 Å². The fourth-order valence-electron chi connectivity index (χ4n) is 2.61. The second-order valence-corrected chi connectivity index (χ2v) is 4.95. The number of likely N-dealkylation sites (tertiary alicyclic amines) is 1. The van der Waals surface area contributed by atoms with Gasteiger partial charge in [-0.25, -0.2) is 4.39 Å². The first kappa shape index (κ1) is 9.45. The second kappa shape index (κ2) is 3.23. The Morgan fingerprint density at radius 2 is 2.23 bits per heavy atom. The summed E-state index contributed by atoms with van der Waals surface area (Å²) in [5, 5.41) is 0. The van der Waals surface area contributed by atoms with E-state index in [1.165, 1.54) is 19.3 Å². The van der Waals surface area contributed by atoms with Crippen LogP contribution in [0.4, 0.5) is 4.39 Å². The maximum Gasteiger partial charge on any atom is 0.122 e. The molecule has 1 heterocycles. The highest BCUT2D eigenvalue weighted by atomic mass is 19.1. The molecule has 2 fully saturated rings. The summed E-state index contributed by atoms with van der Waals surface area (Å²) in [6.07, 6.45) is 4.67. The third kappa shape index (κ3) is 2.04. The Balaban J connectivity index is 1.93. The van der Waals surface area contributed by atoms with Gasteiger partial charge >= 0.3 is 0 Å². The zero-order valence-corrected chi connectivity index (χ0v) is 8.72. The minimum atomic E-state index is -0.914. The predicted molar refractivity (Wildman–Crippen MR) is 52.5 cm³/mol. The van der Waals surface area contributed by atoms with Crippen LogP contribution in [0.2, 0.25) is 0 Å². The molecular formula is C11H20FN. The largest absolute Gasteiger partial charge is 0.297 e. The van der Waals surface area contributed by atoms with Gasteiger partial charge in [0.2, 0.25) is 0 Å². The maximum absolute atomic E-state index is 13.6. The summed E-state index contributed by atoms with van der Waals surface area (Å²) in [6.45, 7) is 5.62. The van der Waals surface area contributed by atoms with Crippen LogP contribution >= 0.6 is 0 Å². The highest BCUT2D eigenvalue weighted by molar-refractivity contribution is 4.94. The fourth-order valence-corrected chi connectivity index (χ4v) is 2.61. The summed E-state index contributed by atoms with van der Waals surface area (Å²) < 4.78 is 13.6. The minimum Gasteiger partial charge on any atom is -0.297 e. The van der Waals surface area contributed by atoms with Crippen LogP contribution in [-0.4, -0.2) is 29.7 Å². The first-order chi connectivity index (χ1) is 6.12. The van der Waals surface area contributed by atoms with Crippen molar-refractivity contribution >= 4 is 0 Å². The molecule has 0 aromatic carbocycles. The van der Waals surface area contributed by atoms with Crippen molar-refractivity contribution in [3.8, 4) is 0 Å². The van der Waals surface area contributed by atoms with Crippen LogP contribution in [0, 0.1) is 5.92 Å². The molecule has 0 bridgehead atoms. The van der Waals surface area contributed by atoms with E-state index in [0.29, 0.717) is 12.6 Å². The summed E-state index contributed by atoms with van der Waals surface area (Å²) in [6, 6.07) is 0.678. The van der Waals surface area contributed by atoms with E-state index in [0.717, 1.165) is 18.9 Å². The van der Waals surface area contributed by atoms with Crippen LogP contribution in [0.25, 0.3) is 0 Å². The maximum atomic E-state index is 13.6. The summed E-state index contributed by atoms with van der Waals surface area (Å²) >= 11 is 0. The van der Waals surface area contributed by atoms with E-state index in [1.54, 1.807) is 6.92 Å². The monoisotopic (exact) mass is 185 g/mol. The molecule has 2 aliphatic rings. The van der Waals surface area contributed by atoms with E-state index < -0.39 is 5.67 Å². The van der Waals surface area contributed by atoms with Gasteiger partial charge in [-0.15, -0.1) is 0 Å². The number of hydrogen-bond donors (Lipinski definition) is 0. The smallest absolute Gasteiger partial charge is 0.122 e.